The molecule has 4 nitrogen and oxygen atoms in total. The molecule has 11 rings (SSSR count). The maximum Gasteiger partial charge on any atom is 0.125 e. The van der Waals surface area contributed by atoms with Gasteiger partial charge < -0.3 is 10.2 Å². The van der Waals surface area contributed by atoms with Gasteiger partial charge in [0.1, 0.15) is 5.84 Å². The van der Waals surface area contributed by atoms with Crippen LogP contribution in [0.25, 0.3) is 33.4 Å². The summed E-state index contributed by atoms with van der Waals surface area (Å²) >= 11 is 0. The molecule has 9 aromatic rings. The lowest BCUT2D eigenvalue weighted by Crippen LogP contribution is -2.36. The average molecular weight is 807 g/mol. The van der Waals surface area contributed by atoms with E-state index in [4.69, 9.17) is 5.41 Å². The standard InChI is InChI=1S/C59H42N4/c60-39-41-30-32-49-50-33-31-47(38-54(50)59(53(49)35-41)51-26-10-12-28-56(51)63(48-24-8-3-9-25-48)57-29-13-11-27-52(57)59)46-23-15-22-45(37-46)44-21-14-16-40(34-44)36-55(42-17-4-1-5-18-42)62-58(61)43-19-6-2-7-20-43/h1-35,37-38,55H,36H2,(H2,61,62)/t55-/m1/s1. The second kappa shape index (κ2) is 15.6. The minimum atomic E-state index is -0.669. The van der Waals surface area contributed by atoms with Crippen molar-refractivity contribution in [2.75, 3.05) is 4.90 Å². The van der Waals surface area contributed by atoms with Crippen molar-refractivity contribution < 1.29 is 0 Å². The summed E-state index contributed by atoms with van der Waals surface area (Å²) in [7, 11) is 0. The maximum atomic E-state index is 10.3. The van der Waals surface area contributed by atoms with Crippen LogP contribution in [0.4, 0.5) is 17.1 Å². The van der Waals surface area contributed by atoms with Crippen LogP contribution >= 0.6 is 0 Å². The van der Waals surface area contributed by atoms with E-state index >= 15 is 0 Å². The van der Waals surface area contributed by atoms with Crippen molar-refractivity contribution in [2.24, 2.45) is 0 Å². The van der Waals surface area contributed by atoms with E-state index in [2.05, 4.69) is 198 Å². The van der Waals surface area contributed by atoms with E-state index in [9.17, 15) is 5.26 Å². The lowest BCUT2D eigenvalue weighted by Gasteiger charge is -2.45. The first-order valence-corrected chi connectivity index (χ1v) is 21.5. The molecule has 9 aromatic carbocycles. The number of amidine groups is 1. The Morgan fingerprint density at radius 3 is 1.71 bits per heavy atom. The van der Waals surface area contributed by atoms with Crippen LogP contribution in [-0.4, -0.2) is 5.84 Å². The number of benzene rings is 9. The molecule has 1 atom stereocenters. The van der Waals surface area contributed by atoms with Crippen LogP contribution in [0.15, 0.2) is 224 Å². The summed E-state index contributed by atoms with van der Waals surface area (Å²) in [6.45, 7) is 0. The van der Waals surface area contributed by atoms with Crippen molar-refractivity contribution in [3.05, 3.63) is 269 Å². The van der Waals surface area contributed by atoms with Gasteiger partial charge >= 0.3 is 0 Å². The number of nitrogens with one attached hydrogen (secondary N) is 2. The molecule has 0 fully saturated rings. The van der Waals surface area contributed by atoms with Crippen LogP contribution in [0.3, 0.4) is 0 Å². The Labute approximate surface area is 368 Å². The van der Waals surface area contributed by atoms with Crippen LogP contribution in [-0.2, 0) is 11.8 Å². The summed E-state index contributed by atoms with van der Waals surface area (Å²) in [5.74, 6) is 0.409. The van der Waals surface area contributed by atoms with E-state index in [-0.39, 0.29) is 6.04 Å². The number of nitrogens with zero attached hydrogens (tertiary/aromatic N) is 2. The number of nitriles is 1. The summed E-state index contributed by atoms with van der Waals surface area (Å²) in [6, 6.07) is 81.7. The highest BCUT2D eigenvalue weighted by Gasteiger charge is 2.52. The molecule has 0 aromatic heterocycles. The largest absolute Gasteiger partial charge is 0.363 e. The summed E-state index contributed by atoms with van der Waals surface area (Å²) in [4.78, 5) is 2.38. The van der Waals surface area contributed by atoms with Gasteiger partial charge in [0, 0.05) is 11.3 Å². The minimum Gasteiger partial charge on any atom is -0.363 e. The van der Waals surface area contributed by atoms with Crippen LogP contribution in [0.5, 0.6) is 0 Å². The predicted molar refractivity (Wildman–Crippen MR) is 257 cm³/mol. The van der Waals surface area contributed by atoms with Gasteiger partial charge in [-0.25, -0.2) is 0 Å². The van der Waals surface area contributed by atoms with Crippen molar-refractivity contribution in [3.8, 4) is 39.4 Å². The first-order valence-electron chi connectivity index (χ1n) is 21.5. The molecule has 0 saturated carbocycles. The third-order valence-corrected chi connectivity index (χ3v) is 12.9. The van der Waals surface area contributed by atoms with Crippen LogP contribution in [0.1, 0.15) is 50.5 Å². The molecule has 0 bridgehead atoms. The van der Waals surface area contributed by atoms with Crippen LogP contribution in [0.2, 0.25) is 0 Å². The molecule has 2 N–H and O–H groups in total. The summed E-state index contributed by atoms with van der Waals surface area (Å²) in [5.41, 5.74) is 18.1. The van der Waals surface area contributed by atoms with Gasteiger partial charge in [-0.15, -0.1) is 0 Å². The van der Waals surface area contributed by atoms with E-state index in [0.717, 1.165) is 68.0 Å². The summed E-state index contributed by atoms with van der Waals surface area (Å²) in [5, 5.41) is 22.7. The fourth-order valence-corrected chi connectivity index (χ4v) is 10.0. The molecule has 1 aliphatic heterocycles. The molecule has 0 amide bonds. The third-order valence-electron chi connectivity index (χ3n) is 12.9. The third kappa shape index (κ3) is 6.42. The van der Waals surface area contributed by atoms with Crippen molar-refractivity contribution in [2.45, 2.75) is 17.9 Å². The molecule has 2 aliphatic rings. The Morgan fingerprint density at radius 1 is 0.508 bits per heavy atom. The monoisotopic (exact) mass is 806 g/mol. The van der Waals surface area contributed by atoms with Crippen molar-refractivity contribution >= 4 is 22.9 Å². The molecule has 1 heterocycles. The SMILES string of the molecule is N#Cc1ccc2c(c1)C1(c3cc(-c4cccc(-c5cccc(C[C@@H](NC(=N)c6ccccc6)c6ccccc6)c5)c4)ccc3-2)c2ccccc2N(c2ccccc2)c2ccccc21. The Kier molecular flexibility index (Phi) is 9.37. The fraction of sp³-hybridized carbons (Fsp3) is 0.0508. The number of anilines is 3. The van der Waals surface area contributed by atoms with E-state index in [0.29, 0.717) is 11.4 Å². The zero-order valence-electron chi connectivity index (χ0n) is 34.5. The van der Waals surface area contributed by atoms with Gasteiger partial charge in [-0.05, 0) is 122 Å². The Bertz CT molecular complexity index is 3170. The number of para-hydroxylation sites is 3. The normalized spacial score (nSPS) is 13.2. The van der Waals surface area contributed by atoms with E-state index in [1.165, 1.54) is 27.8 Å². The van der Waals surface area contributed by atoms with E-state index < -0.39 is 5.41 Å². The molecule has 0 radical (unpaired) electrons. The predicted octanol–water partition coefficient (Wildman–Crippen LogP) is 13.9. The van der Waals surface area contributed by atoms with Gasteiger partial charge in [0.25, 0.3) is 0 Å². The molecule has 0 saturated heterocycles. The molecular weight excluding hydrogens is 765 g/mol. The zero-order valence-corrected chi connectivity index (χ0v) is 34.5. The smallest absolute Gasteiger partial charge is 0.125 e. The van der Waals surface area contributed by atoms with Gasteiger partial charge in [-0.1, -0.05) is 176 Å². The van der Waals surface area contributed by atoms with Crippen molar-refractivity contribution in [1.29, 1.82) is 10.7 Å². The molecular formula is C59H42N4. The summed E-state index contributed by atoms with van der Waals surface area (Å²) in [6.07, 6.45) is 0.721. The van der Waals surface area contributed by atoms with Crippen LogP contribution < -0.4 is 10.2 Å². The molecule has 0 unspecified atom stereocenters. The lowest BCUT2D eigenvalue weighted by molar-refractivity contribution is 0.642. The highest BCUT2D eigenvalue weighted by Crippen LogP contribution is 2.63. The Hall–Kier alpha value is -8.26. The van der Waals surface area contributed by atoms with Gasteiger partial charge in [-0.3, -0.25) is 5.41 Å². The second-order valence-electron chi connectivity index (χ2n) is 16.4. The first-order chi connectivity index (χ1) is 31.1. The quantitative estimate of drug-likeness (QED) is 0.119. The number of fused-ring (bicyclic) bond motifs is 9. The Balaban J connectivity index is 1.01. The molecule has 1 spiro atoms. The minimum absolute atomic E-state index is 0.0811. The lowest BCUT2D eigenvalue weighted by atomic mass is 9.64. The highest BCUT2D eigenvalue weighted by atomic mass is 15.2. The first kappa shape index (κ1) is 37.7. The van der Waals surface area contributed by atoms with Crippen molar-refractivity contribution in [3.63, 3.8) is 0 Å². The highest BCUT2D eigenvalue weighted by molar-refractivity contribution is 5.98. The topological polar surface area (TPSA) is 62.9 Å². The number of rotatable bonds is 8. The number of hydrogen-bond donors (Lipinski definition) is 2. The summed E-state index contributed by atoms with van der Waals surface area (Å²) < 4.78 is 0. The fourth-order valence-electron chi connectivity index (χ4n) is 10.0. The Morgan fingerprint density at radius 2 is 1.05 bits per heavy atom. The number of hydrogen-bond acceptors (Lipinski definition) is 3. The molecule has 1 aliphatic carbocycles. The van der Waals surface area contributed by atoms with Gasteiger partial charge in [0.2, 0.25) is 0 Å². The van der Waals surface area contributed by atoms with E-state index in [1.54, 1.807) is 0 Å². The van der Waals surface area contributed by atoms with Gasteiger partial charge in [-0.2, -0.15) is 5.26 Å². The van der Waals surface area contributed by atoms with Gasteiger partial charge in [0.15, 0.2) is 0 Å². The van der Waals surface area contributed by atoms with Crippen molar-refractivity contribution in [1.82, 2.24) is 5.32 Å². The average Bonchev–Trinajstić information content (AvgIpc) is 3.64. The second-order valence-corrected chi connectivity index (χ2v) is 16.4. The maximum absolute atomic E-state index is 10.3. The zero-order chi connectivity index (χ0) is 42.3. The van der Waals surface area contributed by atoms with Gasteiger partial charge in [0.05, 0.1) is 34.5 Å². The molecule has 298 valence electrons. The van der Waals surface area contributed by atoms with E-state index in [1.807, 2.05) is 42.5 Å². The molecule has 63 heavy (non-hydrogen) atoms. The molecule has 4 heteroatoms. The van der Waals surface area contributed by atoms with Crippen LogP contribution in [0, 0.1) is 16.7 Å².